The zero-order chi connectivity index (χ0) is 27.7. The Morgan fingerprint density at radius 3 is 2.21 bits per heavy atom. The number of benzene rings is 3. The van der Waals surface area contributed by atoms with Gasteiger partial charge in [-0.15, -0.1) is 0 Å². The number of nitrogens with one attached hydrogen (secondary N) is 1. The summed E-state index contributed by atoms with van der Waals surface area (Å²) >= 11 is 6.37. The van der Waals surface area contributed by atoms with Crippen molar-refractivity contribution in [2.24, 2.45) is 0 Å². The second-order valence-corrected chi connectivity index (χ2v) is 10.9. The lowest BCUT2D eigenvalue weighted by Gasteiger charge is -2.32. The highest BCUT2D eigenvalue weighted by atomic mass is 35.5. The molecular weight excluding hydrogens is 526 g/mol. The van der Waals surface area contributed by atoms with Crippen molar-refractivity contribution in [2.75, 3.05) is 24.5 Å². The molecule has 0 unspecified atom stereocenters. The molecule has 0 bridgehead atoms. The van der Waals surface area contributed by atoms with E-state index in [0.29, 0.717) is 22.9 Å². The number of carbonyl (C=O) groups excluding carboxylic acids is 2. The Bertz CT molecular complexity index is 1330. The molecule has 3 aromatic carbocycles. The minimum absolute atomic E-state index is 0.0288. The third-order valence-corrected chi connectivity index (χ3v) is 8.14. The van der Waals surface area contributed by atoms with Crippen molar-refractivity contribution in [3.8, 4) is 5.75 Å². The maximum absolute atomic E-state index is 13.8. The molecule has 202 valence electrons. The van der Waals surface area contributed by atoms with Crippen LogP contribution in [0.2, 0.25) is 5.02 Å². The van der Waals surface area contributed by atoms with Gasteiger partial charge in [-0.05, 0) is 61.4 Å². The lowest BCUT2D eigenvalue weighted by atomic mass is 10.1. The SMILES string of the molecule is CCCNC(=O)[C@@H](C)N(Cc1ccccc1Cl)C(=O)CN(c1ccc(OC)cc1)S(=O)(=O)c1ccccc1. The third kappa shape index (κ3) is 7.05. The second-order valence-electron chi connectivity index (χ2n) is 8.60. The van der Waals surface area contributed by atoms with Crippen LogP contribution in [0.1, 0.15) is 25.8 Å². The summed E-state index contributed by atoms with van der Waals surface area (Å²) in [5, 5.41) is 3.25. The average molecular weight is 558 g/mol. The number of rotatable bonds is 12. The summed E-state index contributed by atoms with van der Waals surface area (Å²) in [6.45, 7) is 3.50. The van der Waals surface area contributed by atoms with Crippen LogP contribution in [-0.4, -0.2) is 51.4 Å². The molecule has 0 fully saturated rings. The molecule has 0 spiro atoms. The van der Waals surface area contributed by atoms with Gasteiger partial charge in [0.25, 0.3) is 10.0 Å². The number of ether oxygens (including phenoxy) is 1. The number of sulfonamides is 1. The van der Waals surface area contributed by atoms with Crippen LogP contribution in [0.4, 0.5) is 5.69 Å². The van der Waals surface area contributed by atoms with E-state index in [0.717, 1.165) is 10.7 Å². The molecule has 1 atom stereocenters. The van der Waals surface area contributed by atoms with Crippen molar-refractivity contribution in [3.63, 3.8) is 0 Å². The molecule has 0 saturated heterocycles. The highest BCUT2D eigenvalue weighted by Gasteiger charge is 2.32. The fourth-order valence-corrected chi connectivity index (χ4v) is 5.42. The molecule has 0 aromatic heterocycles. The van der Waals surface area contributed by atoms with Gasteiger partial charge in [0.1, 0.15) is 18.3 Å². The normalized spacial score (nSPS) is 11.9. The average Bonchev–Trinajstić information content (AvgIpc) is 2.94. The number of methoxy groups -OCH3 is 1. The molecule has 38 heavy (non-hydrogen) atoms. The van der Waals surface area contributed by atoms with Crippen molar-refractivity contribution >= 4 is 39.1 Å². The largest absolute Gasteiger partial charge is 0.497 e. The third-order valence-electron chi connectivity index (χ3n) is 5.99. The van der Waals surface area contributed by atoms with E-state index in [-0.39, 0.29) is 23.0 Å². The van der Waals surface area contributed by atoms with Crippen molar-refractivity contribution in [1.82, 2.24) is 10.2 Å². The van der Waals surface area contributed by atoms with Gasteiger partial charge in [-0.3, -0.25) is 13.9 Å². The number of anilines is 1. The zero-order valence-electron chi connectivity index (χ0n) is 21.6. The monoisotopic (exact) mass is 557 g/mol. The van der Waals surface area contributed by atoms with E-state index in [1.807, 2.05) is 6.92 Å². The van der Waals surface area contributed by atoms with Crippen LogP contribution in [0, 0.1) is 0 Å². The number of hydrogen-bond acceptors (Lipinski definition) is 5. The van der Waals surface area contributed by atoms with Crippen LogP contribution in [0.3, 0.4) is 0 Å². The Balaban J connectivity index is 2.02. The smallest absolute Gasteiger partial charge is 0.264 e. The van der Waals surface area contributed by atoms with Gasteiger partial charge in [-0.25, -0.2) is 8.42 Å². The Kier molecular flexibility index (Phi) is 10.2. The molecule has 10 heteroatoms. The van der Waals surface area contributed by atoms with E-state index in [1.54, 1.807) is 73.7 Å². The maximum Gasteiger partial charge on any atom is 0.264 e. The summed E-state index contributed by atoms with van der Waals surface area (Å²) in [6, 6.07) is 20.4. The van der Waals surface area contributed by atoms with Gasteiger partial charge in [0.2, 0.25) is 11.8 Å². The lowest BCUT2D eigenvalue weighted by molar-refractivity contribution is -0.139. The molecule has 3 rings (SSSR count). The van der Waals surface area contributed by atoms with Crippen LogP contribution in [0.5, 0.6) is 5.75 Å². The van der Waals surface area contributed by atoms with E-state index < -0.39 is 28.5 Å². The molecule has 3 aromatic rings. The Labute approximate surface area is 229 Å². The highest BCUT2D eigenvalue weighted by Crippen LogP contribution is 2.27. The number of halogens is 1. The molecule has 0 aliphatic rings. The van der Waals surface area contributed by atoms with E-state index in [4.69, 9.17) is 16.3 Å². The molecule has 0 aliphatic carbocycles. The molecule has 0 saturated carbocycles. The number of hydrogen-bond donors (Lipinski definition) is 1. The van der Waals surface area contributed by atoms with Gasteiger partial charge in [-0.1, -0.05) is 54.9 Å². The van der Waals surface area contributed by atoms with E-state index in [1.165, 1.54) is 24.1 Å². The summed E-state index contributed by atoms with van der Waals surface area (Å²) in [7, 11) is -2.62. The van der Waals surface area contributed by atoms with E-state index in [2.05, 4.69) is 5.32 Å². The number of carbonyl (C=O) groups is 2. The summed E-state index contributed by atoms with van der Waals surface area (Å²) in [5.41, 5.74) is 0.920. The minimum atomic E-state index is -4.13. The van der Waals surface area contributed by atoms with Gasteiger partial charge in [0, 0.05) is 18.1 Å². The summed E-state index contributed by atoms with van der Waals surface area (Å²) in [4.78, 5) is 28.1. The maximum atomic E-state index is 13.8. The fourth-order valence-electron chi connectivity index (χ4n) is 3.79. The molecule has 1 N–H and O–H groups in total. The first-order valence-corrected chi connectivity index (χ1v) is 14.0. The van der Waals surface area contributed by atoms with Crippen molar-refractivity contribution in [3.05, 3.63) is 89.4 Å². The first-order valence-electron chi connectivity index (χ1n) is 12.2. The van der Waals surface area contributed by atoms with E-state index in [9.17, 15) is 18.0 Å². The van der Waals surface area contributed by atoms with Crippen molar-refractivity contribution < 1.29 is 22.7 Å². The highest BCUT2D eigenvalue weighted by molar-refractivity contribution is 7.92. The molecule has 8 nitrogen and oxygen atoms in total. The molecule has 0 heterocycles. The van der Waals surface area contributed by atoms with Gasteiger partial charge in [0.05, 0.1) is 17.7 Å². The van der Waals surface area contributed by atoms with E-state index >= 15 is 0 Å². The second kappa shape index (κ2) is 13.3. The first kappa shape index (κ1) is 29.0. The Morgan fingerprint density at radius 1 is 0.974 bits per heavy atom. The minimum Gasteiger partial charge on any atom is -0.497 e. The van der Waals surface area contributed by atoms with Crippen LogP contribution in [0.15, 0.2) is 83.8 Å². The Hall–Kier alpha value is -3.56. The topological polar surface area (TPSA) is 96.0 Å². The molecule has 0 radical (unpaired) electrons. The van der Waals surface area contributed by atoms with Gasteiger partial charge >= 0.3 is 0 Å². The number of amides is 2. The van der Waals surface area contributed by atoms with Crippen LogP contribution in [0.25, 0.3) is 0 Å². The first-order chi connectivity index (χ1) is 18.2. The van der Waals surface area contributed by atoms with Gasteiger partial charge in [0.15, 0.2) is 0 Å². The lowest BCUT2D eigenvalue weighted by Crippen LogP contribution is -2.51. The predicted molar refractivity (Wildman–Crippen MR) is 149 cm³/mol. The van der Waals surface area contributed by atoms with Crippen molar-refractivity contribution in [1.29, 1.82) is 0 Å². The van der Waals surface area contributed by atoms with Gasteiger partial charge in [-0.2, -0.15) is 0 Å². The Morgan fingerprint density at radius 2 is 1.61 bits per heavy atom. The summed E-state index contributed by atoms with van der Waals surface area (Å²) in [5.74, 6) is -0.354. The quantitative estimate of drug-likeness (QED) is 0.354. The van der Waals surface area contributed by atoms with Gasteiger partial charge < -0.3 is 15.0 Å². The molecule has 0 aliphatic heterocycles. The zero-order valence-corrected chi connectivity index (χ0v) is 23.2. The van der Waals surface area contributed by atoms with Crippen molar-refractivity contribution in [2.45, 2.75) is 37.8 Å². The summed E-state index contributed by atoms with van der Waals surface area (Å²) < 4.78 is 33.7. The number of nitrogens with zero attached hydrogens (tertiary/aromatic N) is 2. The predicted octanol–water partition coefficient (Wildman–Crippen LogP) is 4.49. The summed E-state index contributed by atoms with van der Waals surface area (Å²) in [6.07, 6.45) is 0.734. The molecule has 2 amide bonds. The standard InChI is InChI=1S/C28H32ClN3O5S/c1-4-18-30-28(34)21(2)31(19-22-10-8-9-13-26(22)29)27(33)20-32(23-14-16-24(37-3)17-15-23)38(35,36)25-11-6-5-7-12-25/h5-17,21H,4,18-20H2,1-3H3,(H,30,34)/t21-/m1/s1. The van der Waals surface area contributed by atoms with Crippen LogP contribution < -0.4 is 14.4 Å². The van der Waals surface area contributed by atoms with Crippen LogP contribution in [-0.2, 0) is 26.2 Å². The molecular formula is C28H32ClN3O5S. The fraction of sp³-hybridized carbons (Fsp3) is 0.286. The van der Waals surface area contributed by atoms with Crippen LogP contribution >= 0.6 is 11.6 Å².